The molecular weight excluding hydrogens is 614 g/mol. The molecule has 4 rings (SSSR count). The third kappa shape index (κ3) is 7.00. The standard InChI is InChI=1S/C29H33ClF4N3O5S/c1-16(2)36(3)20-6-9-25(17(12-20)15-43(41,42)21-7-4-19(30)5-8-21)37-11-10-22(28(37)39)26-23(27(38)35-40)13-18(14-24(26)31)29(32,33)34/h4-5,7-8,13-14,16-17,20,22,25H,6,9-12,15H2,1-3H3,(H-,35,38,40)/q-1/t17-,20+,22-,25-/m0/s1. The molecule has 43 heavy (non-hydrogen) atoms. The van der Waals surface area contributed by atoms with Crippen LogP contribution in [0.15, 0.2) is 41.3 Å². The molecule has 2 aromatic rings. The van der Waals surface area contributed by atoms with Gasteiger partial charge in [-0.05, 0) is 88.9 Å². The van der Waals surface area contributed by atoms with E-state index in [2.05, 4.69) is 4.90 Å². The zero-order valence-corrected chi connectivity index (χ0v) is 25.4. The largest absolute Gasteiger partial charge is 0.759 e. The van der Waals surface area contributed by atoms with Crippen molar-refractivity contribution in [3.05, 3.63) is 69.1 Å². The Bertz CT molecular complexity index is 1470. The zero-order valence-electron chi connectivity index (χ0n) is 23.8. The first-order chi connectivity index (χ1) is 20.0. The van der Waals surface area contributed by atoms with Crippen molar-refractivity contribution >= 4 is 33.3 Å². The van der Waals surface area contributed by atoms with E-state index in [0.717, 1.165) is 5.48 Å². The fourth-order valence-electron chi connectivity index (χ4n) is 6.30. The Morgan fingerprint density at radius 3 is 2.40 bits per heavy atom. The number of likely N-dealkylation sites (tertiary alicyclic amines) is 1. The van der Waals surface area contributed by atoms with Gasteiger partial charge in [0, 0.05) is 40.8 Å². The summed E-state index contributed by atoms with van der Waals surface area (Å²) in [5, 5.41) is 11.5. The van der Waals surface area contributed by atoms with Crippen LogP contribution in [0, 0.1) is 16.9 Å². The van der Waals surface area contributed by atoms with Gasteiger partial charge in [-0.1, -0.05) is 11.6 Å². The highest BCUT2D eigenvalue weighted by molar-refractivity contribution is 7.91. The van der Waals surface area contributed by atoms with E-state index in [1.165, 1.54) is 29.2 Å². The van der Waals surface area contributed by atoms with Crippen molar-refractivity contribution in [3.63, 3.8) is 0 Å². The van der Waals surface area contributed by atoms with Gasteiger partial charge >= 0.3 is 6.18 Å². The summed E-state index contributed by atoms with van der Waals surface area (Å²) in [6, 6.07) is 6.04. The highest BCUT2D eigenvalue weighted by Gasteiger charge is 2.46. The van der Waals surface area contributed by atoms with Gasteiger partial charge in [0.05, 0.1) is 22.1 Å². The van der Waals surface area contributed by atoms with E-state index in [9.17, 15) is 36.4 Å². The Morgan fingerprint density at radius 2 is 1.81 bits per heavy atom. The van der Waals surface area contributed by atoms with Crippen LogP contribution in [-0.4, -0.2) is 67.5 Å². The van der Waals surface area contributed by atoms with Crippen molar-refractivity contribution in [2.24, 2.45) is 5.92 Å². The van der Waals surface area contributed by atoms with Gasteiger partial charge in [-0.25, -0.2) is 12.8 Å². The molecule has 2 aromatic carbocycles. The molecule has 1 heterocycles. The van der Waals surface area contributed by atoms with Crippen molar-refractivity contribution in [3.8, 4) is 0 Å². The van der Waals surface area contributed by atoms with Crippen molar-refractivity contribution in [2.75, 3.05) is 19.3 Å². The number of amides is 2. The van der Waals surface area contributed by atoms with E-state index >= 15 is 4.39 Å². The number of carbonyl (C=O) groups excluding carboxylic acids is 2. The number of hydrogen-bond acceptors (Lipinski definition) is 6. The lowest BCUT2D eigenvalue weighted by atomic mass is 9.80. The molecule has 14 heteroatoms. The molecule has 1 aliphatic carbocycles. The van der Waals surface area contributed by atoms with Crippen LogP contribution in [0.1, 0.15) is 66.9 Å². The topological polar surface area (TPSA) is 110 Å². The Hall–Kier alpha value is -2.74. The Labute approximate surface area is 252 Å². The summed E-state index contributed by atoms with van der Waals surface area (Å²) in [5.74, 6) is -5.64. The molecule has 1 aliphatic heterocycles. The minimum absolute atomic E-state index is 0.0251. The molecule has 1 saturated heterocycles. The first-order valence-electron chi connectivity index (χ1n) is 13.9. The van der Waals surface area contributed by atoms with Crippen LogP contribution in [-0.2, 0) is 20.8 Å². The normalized spacial score (nSPS) is 23.3. The number of sulfone groups is 1. The maximum atomic E-state index is 15.2. The van der Waals surface area contributed by atoms with Crippen molar-refractivity contribution < 1.29 is 35.6 Å². The first kappa shape index (κ1) is 33.2. The molecule has 8 nitrogen and oxygen atoms in total. The summed E-state index contributed by atoms with van der Waals surface area (Å²) in [6.45, 7) is 4.12. The highest BCUT2D eigenvalue weighted by Crippen LogP contribution is 2.41. The monoisotopic (exact) mass is 646 g/mol. The number of alkyl halides is 3. The number of halogens is 5. The summed E-state index contributed by atoms with van der Waals surface area (Å²) >= 11 is 5.94. The number of hydroxylamine groups is 1. The van der Waals surface area contributed by atoms with Crippen LogP contribution >= 0.6 is 11.6 Å². The first-order valence-corrected chi connectivity index (χ1v) is 15.9. The van der Waals surface area contributed by atoms with E-state index in [1.807, 2.05) is 20.9 Å². The predicted molar refractivity (Wildman–Crippen MR) is 153 cm³/mol. The highest BCUT2D eigenvalue weighted by atomic mass is 35.5. The molecule has 0 radical (unpaired) electrons. The van der Waals surface area contributed by atoms with Crippen LogP contribution in [0.2, 0.25) is 5.02 Å². The van der Waals surface area contributed by atoms with Gasteiger partial charge < -0.3 is 20.5 Å². The lowest BCUT2D eigenvalue weighted by Gasteiger charge is -2.44. The molecule has 236 valence electrons. The second-order valence-corrected chi connectivity index (χ2v) is 14.0. The van der Waals surface area contributed by atoms with Crippen molar-refractivity contribution in [1.29, 1.82) is 0 Å². The zero-order chi connectivity index (χ0) is 31.9. The van der Waals surface area contributed by atoms with Crippen LogP contribution in [0.4, 0.5) is 17.6 Å². The van der Waals surface area contributed by atoms with Gasteiger partial charge in [-0.3, -0.25) is 9.59 Å². The van der Waals surface area contributed by atoms with Crippen LogP contribution in [0.25, 0.3) is 0 Å². The number of nitrogens with zero attached hydrogens (tertiary/aromatic N) is 2. The number of rotatable bonds is 8. The fourth-order valence-corrected chi connectivity index (χ4v) is 8.09. The molecule has 0 spiro atoms. The number of nitrogens with one attached hydrogen (secondary N) is 1. The molecule has 0 aromatic heterocycles. The van der Waals surface area contributed by atoms with Crippen LogP contribution in [0.3, 0.4) is 0 Å². The van der Waals surface area contributed by atoms with Crippen LogP contribution in [0.5, 0.6) is 0 Å². The quantitative estimate of drug-likeness (QED) is 0.304. The lowest BCUT2D eigenvalue weighted by Crippen LogP contribution is -2.51. The minimum Gasteiger partial charge on any atom is -0.759 e. The number of carbonyl (C=O) groups is 2. The molecule has 0 unspecified atom stereocenters. The van der Waals surface area contributed by atoms with Crippen molar-refractivity contribution in [1.82, 2.24) is 15.3 Å². The summed E-state index contributed by atoms with van der Waals surface area (Å²) in [6.07, 6.45) is -3.45. The van der Waals surface area contributed by atoms with Crippen LogP contribution < -0.4 is 5.48 Å². The van der Waals surface area contributed by atoms with Gasteiger partial charge in [0.2, 0.25) is 11.8 Å². The molecule has 0 bridgehead atoms. The van der Waals surface area contributed by atoms with Gasteiger partial charge in [0.15, 0.2) is 9.84 Å². The van der Waals surface area contributed by atoms with E-state index in [0.29, 0.717) is 30.4 Å². The molecule has 2 aliphatic rings. The second-order valence-electron chi connectivity index (χ2n) is 11.5. The average molecular weight is 647 g/mol. The third-order valence-corrected chi connectivity index (χ3v) is 10.8. The fraction of sp³-hybridized carbons (Fsp3) is 0.517. The molecule has 2 fully saturated rings. The Morgan fingerprint density at radius 1 is 1.16 bits per heavy atom. The summed E-state index contributed by atoms with van der Waals surface area (Å²) in [4.78, 5) is 29.8. The van der Waals surface area contributed by atoms with E-state index in [4.69, 9.17) is 11.6 Å². The van der Waals surface area contributed by atoms with E-state index in [-0.39, 0.29) is 41.8 Å². The number of hydrogen-bond donors (Lipinski definition) is 1. The number of benzene rings is 2. The smallest absolute Gasteiger partial charge is 0.416 e. The maximum Gasteiger partial charge on any atom is 0.416 e. The molecular formula is C29H33ClF4N3O5S-. The van der Waals surface area contributed by atoms with Gasteiger partial charge in [-0.15, -0.1) is 0 Å². The summed E-state index contributed by atoms with van der Waals surface area (Å²) in [7, 11) is -1.86. The molecule has 1 saturated carbocycles. The second kappa shape index (κ2) is 12.7. The average Bonchev–Trinajstić information content (AvgIpc) is 3.31. The molecule has 4 atom stereocenters. The Balaban J connectivity index is 1.68. The molecule has 1 N–H and O–H groups in total. The van der Waals surface area contributed by atoms with Crippen molar-refractivity contribution in [2.45, 2.75) is 74.6 Å². The summed E-state index contributed by atoms with van der Waals surface area (Å²) < 4.78 is 82.2. The van der Waals surface area contributed by atoms with E-state index in [1.54, 1.807) is 0 Å². The third-order valence-electron chi connectivity index (χ3n) is 8.69. The van der Waals surface area contributed by atoms with Gasteiger partial charge in [0.1, 0.15) is 5.82 Å². The lowest BCUT2D eigenvalue weighted by molar-refractivity contribution is -0.137. The molecule has 2 amide bonds. The van der Waals surface area contributed by atoms with Gasteiger partial charge in [-0.2, -0.15) is 13.2 Å². The maximum absolute atomic E-state index is 15.2. The minimum atomic E-state index is -4.99. The Kier molecular flexibility index (Phi) is 9.80. The SMILES string of the molecule is CC(C)N(C)[C@@H]1CC[C@H](N2CC[C@@H](c3c(F)cc(C(F)(F)F)cc3C(=O)N[O-])C2=O)[C@H](CS(=O)(=O)c2ccc(Cl)cc2)C1. The van der Waals surface area contributed by atoms with Gasteiger partial charge in [0.25, 0.3) is 0 Å². The predicted octanol–water partition coefficient (Wildman–Crippen LogP) is 5.39. The summed E-state index contributed by atoms with van der Waals surface area (Å²) in [5.41, 5.74) is -1.91. The van der Waals surface area contributed by atoms with E-state index < -0.39 is 68.2 Å².